The highest BCUT2D eigenvalue weighted by Gasteiger charge is 2.32. The van der Waals surface area contributed by atoms with Crippen molar-refractivity contribution in [3.05, 3.63) is 90.3 Å². The molecule has 1 aliphatic rings. The third-order valence-corrected chi connectivity index (χ3v) is 7.70. The van der Waals surface area contributed by atoms with E-state index in [1.165, 1.54) is 51.9 Å². The number of amides is 3. The summed E-state index contributed by atoms with van der Waals surface area (Å²) in [6.45, 7) is 4.04. The number of aliphatic imine (C=N–C) groups is 1. The predicted octanol–water partition coefficient (Wildman–Crippen LogP) is 6.41. The number of thioether (sulfide) groups is 1. The van der Waals surface area contributed by atoms with Gasteiger partial charge in [0.1, 0.15) is 12.1 Å². The number of ether oxygens (including phenoxy) is 1. The number of hydrogen-bond donors (Lipinski definition) is 1. The highest BCUT2D eigenvalue weighted by atomic mass is 32.2. The molecule has 0 radical (unpaired) electrons. The molecule has 1 aliphatic heterocycles. The molecule has 0 bridgehead atoms. The second kappa shape index (κ2) is 13.2. The maximum Gasteiger partial charge on any atom is 0.573 e. The molecule has 3 aromatic carbocycles. The van der Waals surface area contributed by atoms with Gasteiger partial charge >= 0.3 is 12.4 Å². The van der Waals surface area contributed by atoms with E-state index < -0.39 is 18.3 Å². The second-order valence-corrected chi connectivity index (χ2v) is 11.1. The summed E-state index contributed by atoms with van der Waals surface area (Å²) >= 11 is 1.18. The number of rotatable bonds is 8. The maximum atomic E-state index is 12.8. The van der Waals surface area contributed by atoms with Crippen molar-refractivity contribution < 1.29 is 27.5 Å². The van der Waals surface area contributed by atoms with E-state index in [9.17, 15) is 28.0 Å². The molecule has 2 heterocycles. The van der Waals surface area contributed by atoms with Gasteiger partial charge in [-0.05, 0) is 47.4 Å². The molecule has 4 aromatic rings. The van der Waals surface area contributed by atoms with Crippen LogP contribution < -0.4 is 15.0 Å². The zero-order valence-corrected chi connectivity index (χ0v) is 24.8. The molecule has 1 fully saturated rings. The Hall–Kier alpha value is -5.16. The van der Waals surface area contributed by atoms with Crippen molar-refractivity contribution in [1.29, 1.82) is 5.26 Å². The van der Waals surface area contributed by atoms with Crippen molar-refractivity contribution in [3.8, 4) is 28.9 Å². The Morgan fingerprint density at radius 2 is 1.82 bits per heavy atom. The number of para-hydroxylation sites is 1. The third-order valence-electron chi connectivity index (χ3n) is 6.77. The summed E-state index contributed by atoms with van der Waals surface area (Å²) in [7, 11) is 0. The molecule has 0 saturated carbocycles. The lowest BCUT2D eigenvalue weighted by molar-refractivity contribution is -0.274. The number of nitrogens with one attached hydrogen (secondary N) is 1. The Kier molecular flexibility index (Phi) is 9.19. The Balaban J connectivity index is 1.22. The largest absolute Gasteiger partial charge is 0.573 e. The van der Waals surface area contributed by atoms with Crippen LogP contribution in [0.25, 0.3) is 17.1 Å². The minimum absolute atomic E-state index is 0.00637. The van der Waals surface area contributed by atoms with Gasteiger partial charge in [-0.3, -0.25) is 9.69 Å². The molecule has 14 heteroatoms. The van der Waals surface area contributed by atoms with Crippen molar-refractivity contribution >= 4 is 34.6 Å². The summed E-state index contributed by atoms with van der Waals surface area (Å²) < 4.78 is 42.5. The van der Waals surface area contributed by atoms with Gasteiger partial charge in [0.25, 0.3) is 0 Å². The zero-order chi connectivity index (χ0) is 32.1. The van der Waals surface area contributed by atoms with Crippen LogP contribution in [-0.2, 0) is 4.79 Å². The first kappa shape index (κ1) is 31.3. The van der Waals surface area contributed by atoms with E-state index in [0.717, 1.165) is 5.56 Å². The van der Waals surface area contributed by atoms with Gasteiger partial charge in [0, 0.05) is 12.1 Å². The smallest absolute Gasteiger partial charge is 0.406 e. The number of carbonyl (C=O) groups excluding carboxylic acids is 2. The summed E-state index contributed by atoms with van der Waals surface area (Å²) in [5, 5.41) is 17.1. The fourth-order valence-electron chi connectivity index (χ4n) is 4.60. The lowest BCUT2D eigenvalue weighted by Gasteiger charge is -2.21. The average molecular weight is 634 g/mol. The molecular weight excluding hydrogens is 607 g/mol. The Bertz CT molecular complexity index is 1760. The predicted molar refractivity (Wildman–Crippen MR) is 163 cm³/mol. The normalized spacial score (nSPS) is 14.9. The molecule has 1 unspecified atom stereocenters. The van der Waals surface area contributed by atoms with Gasteiger partial charge in [0.15, 0.2) is 11.0 Å². The topological polar surface area (TPSA) is 126 Å². The van der Waals surface area contributed by atoms with Crippen molar-refractivity contribution in [2.24, 2.45) is 4.99 Å². The van der Waals surface area contributed by atoms with Gasteiger partial charge in [-0.1, -0.05) is 68.1 Å². The standard InChI is InChI=1S/C31H26F3N7O3S/c1-19(2)25-5-3-4-6-26(25)41-27(42)17-45-30(41)38-29(43)36-16-22(15-35)20-7-9-21(10-8-20)28-37-18-40(39-28)23-11-13-24(14-12-23)44-31(32,33)34/h3-14,18-19,22H,16-17H2,1-2H3,(H,36,43)/b38-30-. The summed E-state index contributed by atoms with van der Waals surface area (Å²) in [5.74, 6) is -0.500. The highest BCUT2D eigenvalue weighted by molar-refractivity contribution is 8.15. The lowest BCUT2D eigenvalue weighted by atomic mass is 9.99. The summed E-state index contributed by atoms with van der Waals surface area (Å²) in [5.41, 5.74) is 3.43. The molecule has 1 atom stereocenters. The molecular formula is C31H26F3N7O3S. The molecule has 0 spiro atoms. The monoisotopic (exact) mass is 633 g/mol. The number of nitrogens with zero attached hydrogens (tertiary/aromatic N) is 6. The number of amidine groups is 1. The van der Waals surface area contributed by atoms with Gasteiger partial charge in [-0.2, -0.15) is 10.3 Å². The van der Waals surface area contributed by atoms with Crippen LogP contribution in [0, 0.1) is 11.3 Å². The van der Waals surface area contributed by atoms with E-state index >= 15 is 0 Å². The van der Waals surface area contributed by atoms with Crippen LogP contribution in [0.2, 0.25) is 0 Å². The molecule has 1 saturated heterocycles. The van der Waals surface area contributed by atoms with Crippen LogP contribution in [0.5, 0.6) is 5.75 Å². The molecule has 5 rings (SSSR count). The van der Waals surface area contributed by atoms with E-state index in [4.69, 9.17) is 0 Å². The minimum atomic E-state index is -4.78. The Labute approximate surface area is 260 Å². The number of hydrogen-bond acceptors (Lipinski definition) is 7. The summed E-state index contributed by atoms with van der Waals surface area (Å²) in [6, 6.07) is 21.1. The number of aromatic nitrogens is 3. The first-order valence-electron chi connectivity index (χ1n) is 13.7. The van der Waals surface area contributed by atoms with Crippen molar-refractivity contribution in [3.63, 3.8) is 0 Å². The molecule has 10 nitrogen and oxygen atoms in total. The van der Waals surface area contributed by atoms with Gasteiger partial charge in [0.05, 0.1) is 29.1 Å². The molecule has 1 N–H and O–H groups in total. The van der Waals surface area contributed by atoms with E-state index in [0.29, 0.717) is 28.3 Å². The molecule has 45 heavy (non-hydrogen) atoms. The van der Waals surface area contributed by atoms with Crippen molar-refractivity contribution in [2.75, 3.05) is 17.2 Å². The van der Waals surface area contributed by atoms with Gasteiger partial charge in [-0.25, -0.2) is 14.5 Å². The zero-order valence-electron chi connectivity index (χ0n) is 24.0. The SMILES string of the molecule is CC(C)c1ccccc1N1C(=O)CS/C1=N\C(=O)NCC(C#N)c1ccc(-c2ncn(-c3ccc(OC(F)(F)F)cc3)n2)cc1. The van der Waals surface area contributed by atoms with Gasteiger partial charge < -0.3 is 10.1 Å². The Morgan fingerprint density at radius 3 is 2.49 bits per heavy atom. The van der Waals surface area contributed by atoms with Gasteiger partial charge in [0.2, 0.25) is 5.91 Å². The molecule has 230 valence electrons. The fourth-order valence-corrected chi connectivity index (χ4v) is 5.46. The van der Waals surface area contributed by atoms with E-state index in [1.807, 2.05) is 38.1 Å². The Morgan fingerprint density at radius 1 is 1.11 bits per heavy atom. The molecule has 0 aliphatic carbocycles. The molecule has 1 aromatic heterocycles. The van der Waals surface area contributed by atoms with Crippen LogP contribution in [0.1, 0.15) is 36.8 Å². The van der Waals surface area contributed by atoms with Crippen LogP contribution >= 0.6 is 11.8 Å². The van der Waals surface area contributed by atoms with Crippen LogP contribution in [0.4, 0.5) is 23.7 Å². The minimum Gasteiger partial charge on any atom is -0.406 e. The second-order valence-electron chi connectivity index (χ2n) is 10.2. The number of benzene rings is 3. The highest BCUT2D eigenvalue weighted by Crippen LogP contribution is 2.33. The van der Waals surface area contributed by atoms with E-state index in [1.54, 1.807) is 24.3 Å². The van der Waals surface area contributed by atoms with Crippen molar-refractivity contribution in [2.45, 2.75) is 32.0 Å². The van der Waals surface area contributed by atoms with Crippen molar-refractivity contribution in [1.82, 2.24) is 20.1 Å². The number of carbonyl (C=O) groups is 2. The van der Waals surface area contributed by atoms with E-state index in [2.05, 4.69) is 31.2 Å². The van der Waals surface area contributed by atoms with E-state index in [-0.39, 0.29) is 35.0 Å². The van der Waals surface area contributed by atoms with Crippen LogP contribution in [-0.4, -0.2) is 50.5 Å². The average Bonchev–Trinajstić information content (AvgIpc) is 3.64. The fraction of sp³-hybridized carbons (Fsp3) is 0.226. The number of alkyl halides is 3. The first-order chi connectivity index (χ1) is 21.5. The summed E-state index contributed by atoms with van der Waals surface area (Å²) in [4.78, 5) is 35.3. The third kappa shape index (κ3) is 7.50. The van der Waals surface area contributed by atoms with Crippen LogP contribution in [0.15, 0.2) is 84.1 Å². The first-order valence-corrected chi connectivity index (χ1v) is 14.7. The lowest BCUT2D eigenvalue weighted by Crippen LogP contribution is -2.33. The molecule has 3 amide bonds. The van der Waals surface area contributed by atoms with Crippen LogP contribution in [0.3, 0.4) is 0 Å². The maximum absolute atomic E-state index is 12.8. The number of nitriles is 1. The quantitative estimate of drug-likeness (QED) is 0.238. The summed E-state index contributed by atoms with van der Waals surface area (Å²) in [6.07, 6.45) is -3.35. The van der Waals surface area contributed by atoms with Gasteiger partial charge in [-0.15, -0.1) is 18.3 Å². The number of halogens is 3. The number of anilines is 1. The number of urea groups is 1.